The highest BCUT2D eigenvalue weighted by molar-refractivity contribution is 9.10. The van der Waals surface area contributed by atoms with Crippen LogP contribution in [-0.2, 0) is 6.54 Å². The second-order valence-corrected chi connectivity index (χ2v) is 8.35. The van der Waals surface area contributed by atoms with E-state index in [9.17, 15) is 10.1 Å². The van der Waals surface area contributed by atoms with Crippen molar-refractivity contribution in [3.63, 3.8) is 0 Å². The number of benzene rings is 2. The number of nitrogens with one attached hydrogen (secondary N) is 2. The summed E-state index contributed by atoms with van der Waals surface area (Å²) in [6.07, 6.45) is 3.40. The summed E-state index contributed by atoms with van der Waals surface area (Å²) in [5.74, 6) is 0.483. The number of nitriles is 1. The number of hydrogen-bond donors (Lipinski definition) is 2. The van der Waals surface area contributed by atoms with E-state index in [1.807, 2.05) is 54.7 Å². The molecule has 5 nitrogen and oxygen atoms in total. The summed E-state index contributed by atoms with van der Waals surface area (Å²) >= 11 is 4.79. The van der Waals surface area contributed by atoms with Crippen molar-refractivity contribution >= 4 is 33.6 Å². The Morgan fingerprint density at radius 1 is 1.13 bits per heavy atom. The molecule has 4 aromatic rings. The number of hydrogen-bond acceptors (Lipinski definition) is 4. The molecule has 0 aliphatic rings. The van der Waals surface area contributed by atoms with Crippen LogP contribution >= 0.6 is 27.7 Å². The maximum atomic E-state index is 12.7. The van der Waals surface area contributed by atoms with Gasteiger partial charge in [0, 0.05) is 21.1 Å². The fourth-order valence-corrected chi connectivity index (χ4v) is 4.26. The molecule has 7 heteroatoms. The monoisotopic (exact) mass is 477 g/mol. The molecule has 0 aliphatic heterocycles. The third kappa shape index (κ3) is 4.35. The molecule has 0 unspecified atom stereocenters. The van der Waals surface area contributed by atoms with Crippen LogP contribution in [0.3, 0.4) is 0 Å². The van der Waals surface area contributed by atoms with Crippen molar-refractivity contribution in [3.8, 4) is 17.2 Å². The Morgan fingerprint density at radius 2 is 1.93 bits per heavy atom. The quantitative estimate of drug-likeness (QED) is 0.357. The fourth-order valence-electron chi connectivity index (χ4n) is 2.98. The van der Waals surface area contributed by atoms with Crippen LogP contribution in [0.1, 0.15) is 21.7 Å². The molecule has 30 heavy (non-hydrogen) atoms. The molecule has 0 atom stereocenters. The van der Waals surface area contributed by atoms with Gasteiger partial charge in [-0.1, -0.05) is 52.0 Å². The van der Waals surface area contributed by atoms with Gasteiger partial charge >= 0.3 is 0 Å². The van der Waals surface area contributed by atoms with Crippen molar-refractivity contribution in [3.05, 3.63) is 94.5 Å². The van der Waals surface area contributed by atoms with Crippen molar-refractivity contribution < 1.29 is 9.21 Å². The lowest BCUT2D eigenvalue weighted by molar-refractivity contribution is 0.0945. The van der Waals surface area contributed by atoms with E-state index in [-0.39, 0.29) is 5.91 Å². The van der Waals surface area contributed by atoms with E-state index in [2.05, 4.69) is 32.3 Å². The Balaban J connectivity index is 1.58. The number of halogens is 1. The molecule has 1 amide bonds. The summed E-state index contributed by atoms with van der Waals surface area (Å²) in [7, 11) is 0. The standard InChI is InChI=1S/C23H16BrN3O2S/c24-16-9-7-15(8-10-16)20-14-27-23(19(20)12-25)30-21-6-2-1-5-18(21)22(28)26-13-17-4-3-11-29-17/h1-11,14,27H,13H2,(H,26,28). The summed E-state index contributed by atoms with van der Waals surface area (Å²) in [5, 5.41) is 13.3. The highest BCUT2D eigenvalue weighted by Crippen LogP contribution is 2.36. The SMILES string of the molecule is N#Cc1c(-c2ccc(Br)cc2)c[nH]c1Sc1ccccc1C(=O)NCc1ccco1. The molecule has 4 rings (SSSR count). The first-order valence-electron chi connectivity index (χ1n) is 9.10. The van der Waals surface area contributed by atoms with E-state index >= 15 is 0 Å². The van der Waals surface area contributed by atoms with Crippen LogP contribution in [0.15, 0.2) is 91.9 Å². The summed E-state index contributed by atoms with van der Waals surface area (Å²) in [4.78, 5) is 16.7. The molecule has 0 saturated heterocycles. The Labute approximate surface area is 186 Å². The Bertz CT molecular complexity index is 1210. The van der Waals surface area contributed by atoms with Gasteiger partial charge in [0.1, 0.15) is 11.8 Å². The average Bonchev–Trinajstić information content (AvgIpc) is 3.43. The number of carbonyl (C=O) groups is 1. The van der Waals surface area contributed by atoms with E-state index in [4.69, 9.17) is 4.42 Å². The second-order valence-electron chi connectivity index (χ2n) is 6.39. The van der Waals surface area contributed by atoms with Crippen LogP contribution in [0.25, 0.3) is 11.1 Å². The molecule has 0 aliphatic carbocycles. The van der Waals surface area contributed by atoms with E-state index in [1.54, 1.807) is 18.4 Å². The highest BCUT2D eigenvalue weighted by Gasteiger charge is 2.17. The third-order valence-corrected chi connectivity index (χ3v) is 6.09. The highest BCUT2D eigenvalue weighted by atomic mass is 79.9. The average molecular weight is 478 g/mol. The van der Waals surface area contributed by atoms with Crippen LogP contribution < -0.4 is 5.32 Å². The maximum absolute atomic E-state index is 12.7. The number of amides is 1. The molecule has 0 spiro atoms. The zero-order chi connectivity index (χ0) is 20.9. The summed E-state index contributed by atoms with van der Waals surface area (Å²) in [6, 6.07) is 21.0. The van der Waals surface area contributed by atoms with Gasteiger partial charge in [0.15, 0.2) is 0 Å². The van der Waals surface area contributed by atoms with Crippen LogP contribution in [0.4, 0.5) is 0 Å². The van der Waals surface area contributed by atoms with Crippen LogP contribution in [0, 0.1) is 11.3 Å². The van der Waals surface area contributed by atoms with Crippen LogP contribution in [0.2, 0.25) is 0 Å². The van der Waals surface area contributed by atoms with Crippen LogP contribution in [0.5, 0.6) is 0 Å². The fraction of sp³-hybridized carbons (Fsp3) is 0.0435. The van der Waals surface area contributed by atoms with Gasteiger partial charge in [-0.2, -0.15) is 5.26 Å². The van der Waals surface area contributed by atoms with E-state index in [1.165, 1.54) is 11.8 Å². The molecule has 0 radical (unpaired) electrons. The molecule has 0 saturated carbocycles. The lowest BCUT2D eigenvalue weighted by Gasteiger charge is -2.09. The zero-order valence-electron chi connectivity index (χ0n) is 15.7. The number of aromatic amines is 1. The molecule has 0 bridgehead atoms. The Morgan fingerprint density at radius 3 is 2.67 bits per heavy atom. The predicted octanol–water partition coefficient (Wildman–Crippen LogP) is 5.99. The molecule has 2 heterocycles. The third-order valence-electron chi connectivity index (χ3n) is 4.46. The molecule has 0 fully saturated rings. The smallest absolute Gasteiger partial charge is 0.252 e. The van der Waals surface area contributed by atoms with Crippen LogP contribution in [-0.4, -0.2) is 10.9 Å². The van der Waals surface area contributed by atoms with E-state index < -0.39 is 0 Å². The molecule has 2 aromatic heterocycles. The van der Waals surface area contributed by atoms with Gasteiger partial charge in [-0.3, -0.25) is 4.79 Å². The Kier molecular flexibility index (Phi) is 6.07. The minimum absolute atomic E-state index is 0.201. The summed E-state index contributed by atoms with van der Waals surface area (Å²) in [5.41, 5.74) is 2.86. The first-order chi connectivity index (χ1) is 14.7. The molecule has 148 valence electrons. The first-order valence-corrected chi connectivity index (χ1v) is 10.7. The van der Waals surface area contributed by atoms with Crippen molar-refractivity contribution in [2.75, 3.05) is 0 Å². The maximum Gasteiger partial charge on any atom is 0.252 e. The van der Waals surface area contributed by atoms with Gasteiger partial charge < -0.3 is 14.7 Å². The van der Waals surface area contributed by atoms with E-state index in [0.717, 1.165) is 20.5 Å². The molecular weight excluding hydrogens is 462 g/mol. The van der Waals surface area contributed by atoms with Crippen molar-refractivity contribution in [2.45, 2.75) is 16.5 Å². The molecular formula is C23H16BrN3O2S. The largest absolute Gasteiger partial charge is 0.467 e. The Hall–Kier alpha value is -3.21. The number of aromatic nitrogens is 1. The van der Waals surface area contributed by atoms with Gasteiger partial charge in [0.05, 0.1) is 29.0 Å². The van der Waals surface area contributed by atoms with Crippen molar-refractivity contribution in [2.24, 2.45) is 0 Å². The number of H-pyrrole nitrogens is 1. The molecule has 2 aromatic carbocycles. The van der Waals surface area contributed by atoms with Gasteiger partial charge in [0.2, 0.25) is 0 Å². The first kappa shape index (κ1) is 20.1. The van der Waals surface area contributed by atoms with Gasteiger partial charge in [-0.05, 0) is 42.0 Å². The topological polar surface area (TPSA) is 81.8 Å². The second kappa shape index (κ2) is 9.08. The number of carbonyl (C=O) groups excluding carboxylic acids is 1. The summed E-state index contributed by atoms with van der Waals surface area (Å²) in [6.45, 7) is 0.310. The zero-order valence-corrected chi connectivity index (χ0v) is 18.1. The lowest BCUT2D eigenvalue weighted by atomic mass is 10.1. The normalized spacial score (nSPS) is 10.5. The molecule has 2 N–H and O–H groups in total. The number of rotatable bonds is 6. The van der Waals surface area contributed by atoms with Crippen molar-refractivity contribution in [1.29, 1.82) is 5.26 Å². The van der Waals surface area contributed by atoms with Gasteiger partial charge in [-0.15, -0.1) is 0 Å². The number of furan rings is 1. The summed E-state index contributed by atoms with van der Waals surface area (Å²) < 4.78 is 6.24. The minimum Gasteiger partial charge on any atom is -0.467 e. The van der Waals surface area contributed by atoms with Crippen molar-refractivity contribution in [1.82, 2.24) is 10.3 Å². The van der Waals surface area contributed by atoms with Gasteiger partial charge in [-0.25, -0.2) is 0 Å². The van der Waals surface area contributed by atoms with E-state index in [0.29, 0.717) is 28.5 Å². The number of nitrogens with zero attached hydrogens (tertiary/aromatic N) is 1. The lowest BCUT2D eigenvalue weighted by Crippen LogP contribution is -2.23. The minimum atomic E-state index is -0.201. The van der Waals surface area contributed by atoms with Gasteiger partial charge in [0.25, 0.3) is 5.91 Å². The predicted molar refractivity (Wildman–Crippen MR) is 119 cm³/mol.